The molecule has 1 fully saturated rings. The first-order valence-corrected chi connectivity index (χ1v) is 8.11. The number of rotatable bonds is 3. The first kappa shape index (κ1) is 16.2. The maximum Gasteiger partial charge on any atom is 0.243 e. The van der Waals surface area contributed by atoms with Crippen LogP contribution in [0.2, 0.25) is 0 Å². The lowest BCUT2D eigenvalue weighted by Crippen LogP contribution is -2.61. The quantitative estimate of drug-likeness (QED) is 0.803. The summed E-state index contributed by atoms with van der Waals surface area (Å²) in [6.45, 7) is 6.60. The van der Waals surface area contributed by atoms with Crippen molar-refractivity contribution in [2.75, 3.05) is 11.9 Å². The molecule has 1 aliphatic heterocycles. The average molecular weight is 370 g/mol. The van der Waals surface area contributed by atoms with E-state index in [9.17, 15) is 4.79 Å². The number of thiocarbonyl (C=S) groups is 1. The van der Waals surface area contributed by atoms with E-state index in [1.54, 1.807) is 0 Å². The van der Waals surface area contributed by atoms with Gasteiger partial charge in [0.25, 0.3) is 0 Å². The van der Waals surface area contributed by atoms with Gasteiger partial charge in [-0.1, -0.05) is 15.9 Å². The number of carbonyl (C=O) groups is 1. The van der Waals surface area contributed by atoms with Crippen molar-refractivity contribution < 1.29 is 4.79 Å². The summed E-state index contributed by atoms with van der Waals surface area (Å²) in [7, 11) is 0. The number of hydrogen-bond donors (Lipinski definition) is 2. The van der Waals surface area contributed by atoms with Gasteiger partial charge in [-0.15, -0.1) is 0 Å². The molecule has 1 amide bonds. The van der Waals surface area contributed by atoms with Crippen molar-refractivity contribution >= 4 is 44.9 Å². The molecule has 0 spiro atoms. The van der Waals surface area contributed by atoms with Gasteiger partial charge < -0.3 is 15.5 Å². The molecule has 6 heteroatoms. The molecule has 1 saturated heterocycles. The minimum atomic E-state index is -0.0620. The van der Waals surface area contributed by atoms with Crippen molar-refractivity contribution in [2.45, 2.75) is 38.8 Å². The maximum absolute atomic E-state index is 12.2. The van der Waals surface area contributed by atoms with Gasteiger partial charge in [-0.2, -0.15) is 0 Å². The van der Waals surface area contributed by atoms with Gasteiger partial charge in [0.05, 0.1) is 6.54 Å². The van der Waals surface area contributed by atoms with E-state index in [1.807, 2.05) is 29.2 Å². The van der Waals surface area contributed by atoms with Crippen molar-refractivity contribution in [3.8, 4) is 0 Å². The summed E-state index contributed by atoms with van der Waals surface area (Å²) in [5.41, 5.74) is 0.766. The number of nitrogens with one attached hydrogen (secondary N) is 2. The molecule has 0 aromatic heterocycles. The minimum absolute atomic E-state index is 0.0187. The number of hydrogen-bond acceptors (Lipinski definition) is 2. The van der Waals surface area contributed by atoms with Crippen molar-refractivity contribution in [3.63, 3.8) is 0 Å². The topological polar surface area (TPSA) is 44.4 Å². The van der Waals surface area contributed by atoms with Gasteiger partial charge in [-0.25, -0.2) is 0 Å². The van der Waals surface area contributed by atoms with Gasteiger partial charge in [0.2, 0.25) is 5.91 Å². The Morgan fingerprint density at radius 2 is 2.10 bits per heavy atom. The second-order valence-electron chi connectivity index (χ2n) is 6.05. The number of amides is 1. The Labute approximate surface area is 139 Å². The van der Waals surface area contributed by atoms with E-state index in [0.29, 0.717) is 5.11 Å². The largest absolute Gasteiger partial charge is 0.358 e. The van der Waals surface area contributed by atoms with Crippen LogP contribution in [0.5, 0.6) is 0 Å². The summed E-state index contributed by atoms with van der Waals surface area (Å²) in [6.07, 6.45) is 0.943. The molecular formula is C15H20BrN3OS. The molecular weight excluding hydrogens is 350 g/mol. The summed E-state index contributed by atoms with van der Waals surface area (Å²) in [4.78, 5) is 14.1. The van der Waals surface area contributed by atoms with E-state index >= 15 is 0 Å². The van der Waals surface area contributed by atoms with E-state index in [0.717, 1.165) is 16.6 Å². The van der Waals surface area contributed by atoms with E-state index < -0.39 is 0 Å². The normalized spacial score (nSPS) is 20.9. The molecule has 1 aromatic carbocycles. The van der Waals surface area contributed by atoms with Crippen LogP contribution < -0.4 is 10.6 Å². The monoisotopic (exact) mass is 369 g/mol. The van der Waals surface area contributed by atoms with E-state index in [4.69, 9.17) is 12.2 Å². The van der Waals surface area contributed by atoms with Crippen molar-refractivity contribution in [1.29, 1.82) is 0 Å². The Morgan fingerprint density at radius 3 is 2.67 bits per heavy atom. The van der Waals surface area contributed by atoms with E-state index in [-0.39, 0.29) is 24.0 Å². The van der Waals surface area contributed by atoms with Crippen LogP contribution in [0.25, 0.3) is 0 Å². The number of halogens is 1. The Hall–Kier alpha value is -1.14. The summed E-state index contributed by atoms with van der Waals surface area (Å²) in [5, 5.41) is 6.82. The summed E-state index contributed by atoms with van der Waals surface area (Å²) >= 11 is 8.75. The van der Waals surface area contributed by atoms with Crippen molar-refractivity contribution in [2.24, 2.45) is 0 Å². The molecule has 0 saturated carbocycles. The van der Waals surface area contributed by atoms with Gasteiger partial charge >= 0.3 is 0 Å². The second kappa shape index (κ2) is 6.32. The van der Waals surface area contributed by atoms with Gasteiger partial charge in [-0.05, 0) is 63.7 Å². The molecule has 4 nitrogen and oxygen atoms in total. The van der Waals surface area contributed by atoms with Crippen LogP contribution in [-0.4, -0.2) is 34.0 Å². The maximum atomic E-state index is 12.2. The van der Waals surface area contributed by atoms with Gasteiger partial charge in [0.15, 0.2) is 5.11 Å². The third kappa shape index (κ3) is 4.41. The van der Waals surface area contributed by atoms with Crippen LogP contribution in [0.1, 0.15) is 27.2 Å². The molecule has 0 bridgehead atoms. The van der Waals surface area contributed by atoms with Crippen LogP contribution in [0.15, 0.2) is 28.7 Å². The van der Waals surface area contributed by atoms with Crippen LogP contribution in [0.4, 0.5) is 5.69 Å². The average Bonchev–Trinajstić information content (AvgIpc) is 2.36. The zero-order chi connectivity index (χ0) is 15.6. The van der Waals surface area contributed by atoms with Gasteiger partial charge in [-0.3, -0.25) is 4.79 Å². The molecule has 21 heavy (non-hydrogen) atoms. The Balaban J connectivity index is 1.96. The number of carbonyl (C=O) groups excluding carboxylic acids is 1. The Kier molecular flexibility index (Phi) is 4.88. The molecule has 0 unspecified atom stereocenters. The molecule has 1 aliphatic rings. The SMILES string of the molecule is C[C@H]1CC(C)(C)NC(=S)N1CC(=O)Nc1ccc(Br)cc1. The summed E-state index contributed by atoms with van der Waals surface area (Å²) in [6, 6.07) is 7.76. The zero-order valence-electron chi connectivity index (χ0n) is 12.4. The highest BCUT2D eigenvalue weighted by atomic mass is 79.9. The molecule has 0 aliphatic carbocycles. The third-order valence-corrected chi connectivity index (χ3v) is 4.35. The first-order chi connectivity index (χ1) is 9.77. The lowest BCUT2D eigenvalue weighted by molar-refractivity contribution is -0.117. The molecule has 1 heterocycles. The first-order valence-electron chi connectivity index (χ1n) is 6.91. The zero-order valence-corrected chi connectivity index (χ0v) is 14.8. The smallest absolute Gasteiger partial charge is 0.243 e. The number of anilines is 1. The summed E-state index contributed by atoms with van der Waals surface area (Å²) < 4.78 is 0.984. The molecule has 2 N–H and O–H groups in total. The number of benzene rings is 1. The van der Waals surface area contributed by atoms with Crippen LogP contribution in [0, 0.1) is 0 Å². The highest BCUT2D eigenvalue weighted by Crippen LogP contribution is 2.22. The van der Waals surface area contributed by atoms with E-state index in [2.05, 4.69) is 47.3 Å². The van der Waals surface area contributed by atoms with Gasteiger partial charge in [0.1, 0.15) is 0 Å². The van der Waals surface area contributed by atoms with E-state index in [1.165, 1.54) is 0 Å². The molecule has 0 radical (unpaired) electrons. The Morgan fingerprint density at radius 1 is 1.48 bits per heavy atom. The predicted molar refractivity (Wildman–Crippen MR) is 93.4 cm³/mol. The van der Waals surface area contributed by atoms with Crippen LogP contribution in [0.3, 0.4) is 0 Å². The van der Waals surface area contributed by atoms with Gasteiger partial charge in [0, 0.05) is 21.7 Å². The van der Waals surface area contributed by atoms with Crippen molar-refractivity contribution in [3.05, 3.63) is 28.7 Å². The summed E-state index contributed by atoms with van der Waals surface area (Å²) in [5.74, 6) is -0.0620. The predicted octanol–water partition coefficient (Wildman–Crippen LogP) is 3.13. The lowest BCUT2D eigenvalue weighted by atomic mass is 9.93. The molecule has 2 rings (SSSR count). The number of nitrogens with zero attached hydrogens (tertiary/aromatic N) is 1. The fraction of sp³-hybridized carbons (Fsp3) is 0.467. The molecule has 1 atom stereocenters. The standard InChI is InChI=1S/C15H20BrN3OS/c1-10-8-15(2,3)18-14(21)19(10)9-13(20)17-12-6-4-11(16)5-7-12/h4-7,10H,8-9H2,1-3H3,(H,17,20)(H,18,21)/t10-/m0/s1. The lowest BCUT2D eigenvalue weighted by Gasteiger charge is -2.44. The molecule has 1 aromatic rings. The highest BCUT2D eigenvalue weighted by Gasteiger charge is 2.33. The fourth-order valence-electron chi connectivity index (χ4n) is 2.58. The second-order valence-corrected chi connectivity index (χ2v) is 7.35. The minimum Gasteiger partial charge on any atom is -0.358 e. The Bertz CT molecular complexity index is 544. The van der Waals surface area contributed by atoms with Crippen LogP contribution >= 0.6 is 28.1 Å². The fourth-order valence-corrected chi connectivity index (χ4v) is 3.36. The highest BCUT2D eigenvalue weighted by molar-refractivity contribution is 9.10. The van der Waals surface area contributed by atoms with Crippen LogP contribution in [-0.2, 0) is 4.79 Å². The van der Waals surface area contributed by atoms with Crippen molar-refractivity contribution in [1.82, 2.24) is 10.2 Å². The molecule has 114 valence electrons. The third-order valence-electron chi connectivity index (χ3n) is 3.49.